The molecule has 0 radical (unpaired) electrons. The normalized spacial score (nSPS) is 16.5. The minimum atomic E-state index is -0.0155. The highest BCUT2D eigenvalue weighted by molar-refractivity contribution is 7.18. The summed E-state index contributed by atoms with van der Waals surface area (Å²) in [6.45, 7) is 7.08. The molecule has 2 aliphatic rings. The first-order valence-electron chi connectivity index (χ1n) is 11.0. The van der Waals surface area contributed by atoms with Crippen LogP contribution in [0, 0.1) is 13.8 Å². The van der Waals surface area contributed by atoms with Crippen LogP contribution in [0.25, 0.3) is 10.2 Å². The van der Waals surface area contributed by atoms with Crippen molar-refractivity contribution in [3.05, 3.63) is 40.0 Å². The van der Waals surface area contributed by atoms with E-state index in [-0.39, 0.29) is 5.91 Å². The fraction of sp³-hybridized carbons (Fsp3) is 0.458. The molecule has 0 spiro atoms. The number of benzene rings is 1. The highest BCUT2D eigenvalue weighted by atomic mass is 32.1. The first-order chi connectivity index (χ1) is 15.5. The Labute approximate surface area is 192 Å². The molecule has 5 rings (SSSR count). The molecule has 0 unspecified atom stereocenters. The average Bonchev–Trinajstić information content (AvgIpc) is 3.64. The molecule has 1 amide bonds. The first kappa shape index (κ1) is 21.0. The molecular weight excluding hydrogens is 424 g/mol. The van der Waals surface area contributed by atoms with E-state index in [1.807, 2.05) is 4.90 Å². The Kier molecular flexibility index (Phi) is 5.41. The number of anilines is 1. The number of piperazine rings is 1. The third-order valence-electron chi connectivity index (χ3n) is 6.47. The highest BCUT2D eigenvalue weighted by Gasteiger charge is 2.31. The molecule has 32 heavy (non-hydrogen) atoms. The summed E-state index contributed by atoms with van der Waals surface area (Å²) in [5.74, 6) is 3.71. The summed E-state index contributed by atoms with van der Waals surface area (Å²) < 4.78 is 10.7. The van der Waals surface area contributed by atoms with Crippen LogP contribution >= 0.6 is 11.3 Å². The second-order valence-corrected chi connectivity index (χ2v) is 9.69. The molecule has 2 aromatic heterocycles. The van der Waals surface area contributed by atoms with Gasteiger partial charge in [0.15, 0.2) is 0 Å². The number of hydrogen-bond acceptors (Lipinski definition) is 7. The molecule has 3 aromatic rings. The van der Waals surface area contributed by atoms with Crippen molar-refractivity contribution < 1.29 is 14.3 Å². The molecule has 1 aliphatic carbocycles. The van der Waals surface area contributed by atoms with Crippen LogP contribution in [0.2, 0.25) is 0 Å². The second-order valence-electron chi connectivity index (χ2n) is 8.49. The molecule has 168 valence electrons. The average molecular weight is 453 g/mol. The van der Waals surface area contributed by atoms with Gasteiger partial charge in [0.2, 0.25) is 0 Å². The molecule has 3 heterocycles. The minimum Gasteiger partial charge on any atom is -0.497 e. The fourth-order valence-corrected chi connectivity index (χ4v) is 5.30. The van der Waals surface area contributed by atoms with Gasteiger partial charge in [-0.2, -0.15) is 0 Å². The monoisotopic (exact) mass is 452 g/mol. The van der Waals surface area contributed by atoms with Crippen molar-refractivity contribution in [1.82, 2.24) is 14.9 Å². The van der Waals surface area contributed by atoms with Crippen molar-refractivity contribution in [3.63, 3.8) is 0 Å². The smallest absolute Gasteiger partial charge is 0.257 e. The SMILES string of the molecule is COc1ccc(C(=O)N2CCN(c3nc(C4CC4)nc4sc(C)c(C)c34)CC2)c(OC)c1. The van der Waals surface area contributed by atoms with E-state index in [9.17, 15) is 4.79 Å². The Bertz CT molecular complexity index is 1180. The third kappa shape index (κ3) is 3.66. The number of nitrogens with zero attached hydrogens (tertiary/aromatic N) is 4. The number of aryl methyl sites for hydroxylation is 2. The van der Waals surface area contributed by atoms with Crippen molar-refractivity contribution >= 4 is 33.3 Å². The van der Waals surface area contributed by atoms with E-state index in [1.165, 1.54) is 28.7 Å². The maximum atomic E-state index is 13.2. The van der Waals surface area contributed by atoms with Gasteiger partial charge < -0.3 is 19.3 Å². The topological polar surface area (TPSA) is 67.8 Å². The van der Waals surface area contributed by atoms with E-state index in [0.29, 0.717) is 36.1 Å². The zero-order chi connectivity index (χ0) is 22.4. The molecule has 0 N–H and O–H groups in total. The van der Waals surface area contributed by atoms with Crippen LogP contribution < -0.4 is 14.4 Å². The maximum absolute atomic E-state index is 13.2. The van der Waals surface area contributed by atoms with Gasteiger partial charge in [-0.25, -0.2) is 9.97 Å². The Morgan fingerprint density at radius 2 is 1.81 bits per heavy atom. The Morgan fingerprint density at radius 3 is 2.47 bits per heavy atom. The molecule has 2 fully saturated rings. The van der Waals surface area contributed by atoms with Gasteiger partial charge in [-0.05, 0) is 44.4 Å². The Morgan fingerprint density at radius 1 is 1.06 bits per heavy atom. The lowest BCUT2D eigenvalue weighted by atomic mass is 10.1. The van der Waals surface area contributed by atoms with Gasteiger partial charge in [-0.3, -0.25) is 4.79 Å². The number of thiophene rings is 1. The van der Waals surface area contributed by atoms with Crippen LogP contribution in [-0.4, -0.2) is 61.2 Å². The van der Waals surface area contributed by atoms with E-state index in [1.54, 1.807) is 43.8 Å². The van der Waals surface area contributed by atoms with Crippen LogP contribution in [0.15, 0.2) is 18.2 Å². The van der Waals surface area contributed by atoms with Crippen LogP contribution in [0.3, 0.4) is 0 Å². The number of amides is 1. The lowest BCUT2D eigenvalue weighted by molar-refractivity contribution is 0.0743. The van der Waals surface area contributed by atoms with E-state index < -0.39 is 0 Å². The van der Waals surface area contributed by atoms with Gasteiger partial charge in [0.25, 0.3) is 5.91 Å². The molecular formula is C24H28N4O3S. The van der Waals surface area contributed by atoms with Crippen LogP contribution in [0.1, 0.15) is 45.4 Å². The summed E-state index contributed by atoms with van der Waals surface area (Å²) in [6.07, 6.45) is 2.36. The predicted octanol–water partition coefficient (Wildman–Crippen LogP) is 4.17. The number of aromatic nitrogens is 2. The summed E-state index contributed by atoms with van der Waals surface area (Å²) in [5, 5.41) is 1.17. The zero-order valence-electron chi connectivity index (χ0n) is 19.0. The molecule has 1 aromatic carbocycles. The van der Waals surface area contributed by atoms with E-state index in [0.717, 1.165) is 29.6 Å². The summed E-state index contributed by atoms with van der Waals surface area (Å²) in [7, 11) is 3.18. The number of rotatable bonds is 5. The van der Waals surface area contributed by atoms with Crippen molar-refractivity contribution in [2.75, 3.05) is 45.3 Å². The standard InChI is InChI=1S/C24H28N4O3S/c1-14-15(2)32-23-20(14)22(25-21(26-23)16-5-6-16)27-9-11-28(12-10-27)24(29)18-8-7-17(30-3)13-19(18)31-4/h7-8,13,16H,5-6,9-12H2,1-4H3. The van der Waals surface area contributed by atoms with Gasteiger partial charge in [-0.1, -0.05) is 0 Å². The van der Waals surface area contributed by atoms with Gasteiger partial charge >= 0.3 is 0 Å². The van der Waals surface area contributed by atoms with Gasteiger partial charge in [0.1, 0.15) is 28.0 Å². The predicted molar refractivity (Wildman–Crippen MR) is 127 cm³/mol. The summed E-state index contributed by atoms with van der Waals surface area (Å²) in [4.78, 5) is 29.7. The quantitative estimate of drug-likeness (QED) is 0.579. The number of carbonyl (C=O) groups excluding carboxylic acids is 1. The Hall–Kier alpha value is -2.87. The zero-order valence-corrected chi connectivity index (χ0v) is 19.8. The van der Waals surface area contributed by atoms with Gasteiger partial charge in [-0.15, -0.1) is 11.3 Å². The van der Waals surface area contributed by atoms with Crippen molar-refractivity contribution in [2.45, 2.75) is 32.6 Å². The van der Waals surface area contributed by atoms with Crippen molar-refractivity contribution in [1.29, 1.82) is 0 Å². The lowest BCUT2D eigenvalue weighted by Gasteiger charge is -2.36. The summed E-state index contributed by atoms with van der Waals surface area (Å²) >= 11 is 1.76. The number of carbonyl (C=O) groups is 1. The third-order valence-corrected chi connectivity index (χ3v) is 7.58. The number of ether oxygens (including phenoxy) is 2. The van der Waals surface area contributed by atoms with Crippen LogP contribution in [0.5, 0.6) is 11.5 Å². The minimum absolute atomic E-state index is 0.0155. The molecule has 1 saturated heterocycles. The molecule has 1 saturated carbocycles. The summed E-state index contributed by atoms with van der Waals surface area (Å²) in [6, 6.07) is 5.33. The van der Waals surface area contributed by atoms with Gasteiger partial charge in [0.05, 0.1) is 25.2 Å². The van der Waals surface area contributed by atoms with Crippen molar-refractivity contribution in [2.24, 2.45) is 0 Å². The van der Waals surface area contributed by atoms with Crippen molar-refractivity contribution in [3.8, 4) is 11.5 Å². The van der Waals surface area contributed by atoms with E-state index >= 15 is 0 Å². The number of hydrogen-bond donors (Lipinski definition) is 0. The molecule has 8 heteroatoms. The Balaban J connectivity index is 1.38. The lowest BCUT2D eigenvalue weighted by Crippen LogP contribution is -2.49. The molecule has 7 nitrogen and oxygen atoms in total. The molecule has 0 bridgehead atoms. The van der Waals surface area contributed by atoms with Crippen LogP contribution in [0.4, 0.5) is 5.82 Å². The number of fused-ring (bicyclic) bond motifs is 1. The maximum Gasteiger partial charge on any atom is 0.257 e. The fourth-order valence-electron chi connectivity index (χ4n) is 4.26. The number of methoxy groups -OCH3 is 2. The van der Waals surface area contributed by atoms with Crippen LogP contribution in [-0.2, 0) is 0 Å². The summed E-state index contributed by atoms with van der Waals surface area (Å²) in [5.41, 5.74) is 1.83. The van der Waals surface area contributed by atoms with E-state index in [2.05, 4.69) is 18.7 Å². The molecule has 0 atom stereocenters. The first-order valence-corrected chi connectivity index (χ1v) is 11.9. The second kappa shape index (κ2) is 8.24. The van der Waals surface area contributed by atoms with Gasteiger partial charge in [0, 0.05) is 43.0 Å². The van der Waals surface area contributed by atoms with E-state index in [4.69, 9.17) is 19.4 Å². The highest BCUT2D eigenvalue weighted by Crippen LogP contribution is 2.42. The largest absolute Gasteiger partial charge is 0.497 e. The molecule has 1 aliphatic heterocycles.